The number of hydrogen-bond donors (Lipinski definition) is 2. The predicted octanol–water partition coefficient (Wildman–Crippen LogP) is 2.22. The molecule has 1 heterocycles. The largest absolute Gasteiger partial charge is 0.354 e. The normalized spacial score (nSPS) is 30.4. The maximum atomic E-state index is 11.9. The van der Waals surface area contributed by atoms with E-state index in [1.807, 2.05) is 0 Å². The minimum absolute atomic E-state index is 0.141. The van der Waals surface area contributed by atoms with Gasteiger partial charge in [0.25, 0.3) is 0 Å². The summed E-state index contributed by atoms with van der Waals surface area (Å²) in [4.78, 5) is 11.9. The van der Waals surface area contributed by atoms with Gasteiger partial charge in [-0.05, 0) is 45.1 Å². The van der Waals surface area contributed by atoms with E-state index < -0.39 is 0 Å². The number of amides is 1. The van der Waals surface area contributed by atoms with Gasteiger partial charge in [-0.2, -0.15) is 0 Å². The van der Waals surface area contributed by atoms with Crippen molar-refractivity contribution in [1.82, 2.24) is 10.6 Å². The number of carbonyl (C=O) groups excluding carboxylic acids is 1. The summed E-state index contributed by atoms with van der Waals surface area (Å²) in [6, 6.07) is 0. The van der Waals surface area contributed by atoms with Gasteiger partial charge in [-0.15, -0.1) is 0 Å². The van der Waals surface area contributed by atoms with Crippen molar-refractivity contribution in [2.24, 2.45) is 5.92 Å². The lowest BCUT2D eigenvalue weighted by atomic mass is 9.87. The molecule has 0 aromatic rings. The third kappa shape index (κ3) is 3.98. The van der Waals surface area contributed by atoms with Gasteiger partial charge in [0.15, 0.2) is 0 Å². The Balaban J connectivity index is 1.66. The Hall–Kier alpha value is -0.570. The summed E-state index contributed by atoms with van der Waals surface area (Å²) in [5.74, 6) is 0.903. The van der Waals surface area contributed by atoms with Gasteiger partial charge < -0.3 is 10.6 Å². The molecule has 1 amide bonds. The summed E-state index contributed by atoms with van der Waals surface area (Å²) in [6.45, 7) is 4.09. The third-order valence-corrected chi connectivity index (χ3v) is 4.33. The smallest absolute Gasteiger partial charge is 0.220 e. The van der Waals surface area contributed by atoms with E-state index in [0.29, 0.717) is 5.92 Å². The van der Waals surface area contributed by atoms with Crippen LogP contribution in [-0.2, 0) is 4.79 Å². The molecule has 0 aromatic carbocycles. The lowest BCUT2D eigenvalue weighted by Gasteiger charge is -2.26. The first-order valence-corrected chi connectivity index (χ1v) is 7.20. The summed E-state index contributed by atoms with van der Waals surface area (Å²) in [5.41, 5.74) is 0.141. The fourth-order valence-corrected chi connectivity index (χ4v) is 3.13. The summed E-state index contributed by atoms with van der Waals surface area (Å²) in [5, 5.41) is 6.59. The van der Waals surface area contributed by atoms with E-state index in [4.69, 9.17) is 0 Å². The summed E-state index contributed by atoms with van der Waals surface area (Å²) >= 11 is 0. The zero-order valence-corrected chi connectivity index (χ0v) is 11.1. The Bertz CT molecular complexity index is 253. The van der Waals surface area contributed by atoms with Crippen LogP contribution in [0.3, 0.4) is 0 Å². The second-order valence-corrected chi connectivity index (χ2v) is 6.08. The number of nitrogens with one attached hydrogen (secondary N) is 2. The van der Waals surface area contributed by atoms with Crippen molar-refractivity contribution in [2.45, 2.75) is 63.8 Å². The van der Waals surface area contributed by atoms with E-state index >= 15 is 0 Å². The van der Waals surface area contributed by atoms with Crippen LogP contribution in [-0.4, -0.2) is 24.5 Å². The summed E-state index contributed by atoms with van der Waals surface area (Å²) in [7, 11) is 0. The molecule has 0 radical (unpaired) electrons. The molecule has 0 bridgehead atoms. The van der Waals surface area contributed by atoms with Crippen LogP contribution >= 0.6 is 0 Å². The standard InChI is InChI=1S/C14H26N2O/c1-14(8-5-9-16-14)11-15-13(17)10-12-6-3-2-4-7-12/h12,16H,2-11H2,1H3,(H,15,17). The highest BCUT2D eigenvalue weighted by Crippen LogP contribution is 2.26. The van der Waals surface area contributed by atoms with Crippen LogP contribution in [0.2, 0.25) is 0 Å². The SMILES string of the molecule is CC1(CNC(=O)CC2CCCCC2)CCCN1. The average molecular weight is 238 g/mol. The molecule has 3 heteroatoms. The summed E-state index contributed by atoms with van der Waals surface area (Å²) < 4.78 is 0. The van der Waals surface area contributed by atoms with Crippen LogP contribution in [0.15, 0.2) is 0 Å². The van der Waals surface area contributed by atoms with E-state index in [-0.39, 0.29) is 11.4 Å². The molecular weight excluding hydrogens is 212 g/mol. The Kier molecular flexibility index (Phi) is 4.43. The Morgan fingerprint density at radius 3 is 2.71 bits per heavy atom. The Labute approximate surface area is 105 Å². The molecule has 2 fully saturated rings. The van der Waals surface area contributed by atoms with Gasteiger partial charge in [0.05, 0.1) is 0 Å². The number of hydrogen-bond acceptors (Lipinski definition) is 2. The highest BCUT2D eigenvalue weighted by atomic mass is 16.1. The van der Waals surface area contributed by atoms with Gasteiger partial charge in [-0.25, -0.2) is 0 Å². The van der Waals surface area contributed by atoms with Crippen molar-refractivity contribution in [2.75, 3.05) is 13.1 Å². The molecular formula is C14H26N2O. The van der Waals surface area contributed by atoms with Gasteiger partial charge in [-0.3, -0.25) is 4.79 Å². The van der Waals surface area contributed by atoms with Gasteiger partial charge in [-0.1, -0.05) is 19.3 Å². The fourth-order valence-electron chi connectivity index (χ4n) is 3.13. The van der Waals surface area contributed by atoms with Gasteiger partial charge in [0, 0.05) is 18.5 Å². The van der Waals surface area contributed by atoms with Crippen molar-refractivity contribution >= 4 is 5.91 Å². The minimum Gasteiger partial charge on any atom is -0.354 e. The lowest BCUT2D eigenvalue weighted by molar-refractivity contribution is -0.122. The molecule has 2 N–H and O–H groups in total. The van der Waals surface area contributed by atoms with E-state index in [9.17, 15) is 4.79 Å². The van der Waals surface area contributed by atoms with Crippen LogP contribution in [0.5, 0.6) is 0 Å². The second kappa shape index (κ2) is 5.85. The zero-order chi connectivity index (χ0) is 12.1. The van der Waals surface area contributed by atoms with Crippen molar-refractivity contribution in [1.29, 1.82) is 0 Å². The first-order chi connectivity index (χ1) is 8.18. The van der Waals surface area contributed by atoms with Crippen molar-refractivity contribution in [3.8, 4) is 0 Å². The van der Waals surface area contributed by atoms with Gasteiger partial charge in [0.1, 0.15) is 0 Å². The molecule has 3 nitrogen and oxygen atoms in total. The monoisotopic (exact) mass is 238 g/mol. The topological polar surface area (TPSA) is 41.1 Å². The van der Waals surface area contributed by atoms with Crippen LogP contribution in [0.4, 0.5) is 0 Å². The molecule has 1 aliphatic heterocycles. The molecule has 0 aromatic heterocycles. The molecule has 98 valence electrons. The molecule has 17 heavy (non-hydrogen) atoms. The van der Waals surface area contributed by atoms with E-state index in [1.54, 1.807) is 0 Å². The predicted molar refractivity (Wildman–Crippen MR) is 69.8 cm³/mol. The molecule has 1 aliphatic carbocycles. The lowest BCUT2D eigenvalue weighted by Crippen LogP contribution is -2.47. The van der Waals surface area contributed by atoms with Crippen LogP contribution in [0.25, 0.3) is 0 Å². The number of rotatable bonds is 4. The molecule has 1 saturated carbocycles. The molecule has 2 rings (SSSR count). The molecule has 1 saturated heterocycles. The second-order valence-electron chi connectivity index (χ2n) is 6.08. The van der Waals surface area contributed by atoms with Crippen molar-refractivity contribution < 1.29 is 4.79 Å². The fraction of sp³-hybridized carbons (Fsp3) is 0.929. The highest BCUT2D eigenvalue weighted by molar-refractivity contribution is 5.76. The maximum absolute atomic E-state index is 11.9. The Morgan fingerprint density at radius 1 is 1.29 bits per heavy atom. The van der Waals surface area contributed by atoms with Crippen LogP contribution < -0.4 is 10.6 Å². The van der Waals surface area contributed by atoms with E-state index in [1.165, 1.54) is 44.9 Å². The van der Waals surface area contributed by atoms with Crippen molar-refractivity contribution in [3.63, 3.8) is 0 Å². The molecule has 2 aliphatic rings. The third-order valence-electron chi connectivity index (χ3n) is 4.33. The highest BCUT2D eigenvalue weighted by Gasteiger charge is 2.28. The average Bonchev–Trinajstić information content (AvgIpc) is 2.76. The maximum Gasteiger partial charge on any atom is 0.220 e. The minimum atomic E-state index is 0.141. The molecule has 0 spiro atoms. The first-order valence-electron chi connectivity index (χ1n) is 7.20. The molecule has 1 atom stereocenters. The first kappa shape index (κ1) is 12.9. The van der Waals surface area contributed by atoms with Crippen LogP contribution in [0, 0.1) is 5.92 Å². The summed E-state index contributed by atoms with van der Waals surface area (Å²) in [6.07, 6.45) is 9.65. The quantitative estimate of drug-likeness (QED) is 0.788. The molecule has 1 unspecified atom stereocenters. The van der Waals surface area contributed by atoms with Crippen molar-refractivity contribution in [3.05, 3.63) is 0 Å². The van der Waals surface area contributed by atoms with Crippen LogP contribution in [0.1, 0.15) is 58.3 Å². The Morgan fingerprint density at radius 2 is 2.06 bits per heavy atom. The number of carbonyl (C=O) groups is 1. The van der Waals surface area contributed by atoms with Gasteiger partial charge in [0.2, 0.25) is 5.91 Å². The van der Waals surface area contributed by atoms with Gasteiger partial charge >= 0.3 is 0 Å². The zero-order valence-electron chi connectivity index (χ0n) is 11.1. The van der Waals surface area contributed by atoms with E-state index in [2.05, 4.69) is 17.6 Å². The van der Waals surface area contributed by atoms with E-state index in [0.717, 1.165) is 19.5 Å².